The van der Waals surface area contributed by atoms with Gasteiger partial charge >= 0.3 is 0 Å². The van der Waals surface area contributed by atoms with Crippen LogP contribution in [0.2, 0.25) is 0 Å². The Morgan fingerprint density at radius 2 is 2.08 bits per heavy atom. The average molecular weight is 160 g/mol. The van der Waals surface area contributed by atoms with Gasteiger partial charge in [-0.1, -0.05) is 30.3 Å². The summed E-state index contributed by atoms with van der Waals surface area (Å²) < 4.78 is 0. The van der Waals surface area contributed by atoms with E-state index in [-0.39, 0.29) is 0 Å². The third kappa shape index (κ3) is 1.83. The summed E-state index contributed by atoms with van der Waals surface area (Å²) in [4.78, 5) is 10.1. The van der Waals surface area contributed by atoms with Crippen LogP contribution in [-0.4, -0.2) is 6.41 Å². The minimum absolute atomic E-state index is 0.529. The molecule has 1 N–H and O–H groups in total. The van der Waals surface area contributed by atoms with E-state index in [1.807, 2.05) is 24.3 Å². The highest BCUT2D eigenvalue weighted by Crippen LogP contribution is 2.09. The Morgan fingerprint density at radius 3 is 2.58 bits per heavy atom. The zero-order chi connectivity index (χ0) is 8.81. The first-order valence-corrected chi connectivity index (χ1v) is 3.52. The molecule has 0 bridgehead atoms. The van der Waals surface area contributed by atoms with E-state index in [4.69, 9.17) is 5.26 Å². The van der Waals surface area contributed by atoms with Crippen LogP contribution < -0.4 is 5.32 Å². The van der Waals surface area contributed by atoms with Gasteiger partial charge in [0.05, 0.1) is 6.07 Å². The Bertz CT molecular complexity index is 289. The maximum absolute atomic E-state index is 10.1. The molecule has 3 nitrogen and oxygen atoms in total. The smallest absolute Gasteiger partial charge is 0.208 e. The summed E-state index contributed by atoms with van der Waals surface area (Å²) in [5, 5.41) is 11.0. The second kappa shape index (κ2) is 4.14. The van der Waals surface area contributed by atoms with Gasteiger partial charge in [0.15, 0.2) is 0 Å². The summed E-state index contributed by atoms with van der Waals surface area (Å²) >= 11 is 0. The van der Waals surface area contributed by atoms with Crippen molar-refractivity contribution in [2.24, 2.45) is 0 Å². The summed E-state index contributed by atoms with van der Waals surface area (Å²) in [6.07, 6.45) is 0.529. The lowest BCUT2D eigenvalue weighted by atomic mass is 10.1. The van der Waals surface area contributed by atoms with E-state index in [0.29, 0.717) is 6.41 Å². The van der Waals surface area contributed by atoms with E-state index in [9.17, 15) is 4.79 Å². The summed E-state index contributed by atoms with van der Waals surface area (Å²) in [5.41, 5.74) is 0.798. The van der Waals surface area contributed by atoms with Crippen LogP contribution in [0.1, 0.15) is 11.6 Å². The molecule has 1 unspecified atom stereocenters. The first kappa shape index (κ1) is 8.28. The van der Waals surface area contributed by atoms with Crippen LogP contribution in [0, 0.1) is 11.3 Å². The molecule has 0 fully saturated rings. The predicted molar refractivity (Wildman–Crippen MR) is 44.0 cm³/mol. The van der Waals surface area contributed by atoms with E-state index in [1.165, 1.54) is 0 Å². The second-order valence-electron chi connectivity index (χ2n) is 2.26. The maximum Gasteiger partial charge on any atom is 0.208 e. The minimum atomic E-state index is -0.538. The van der Waals surface area contributed by atoms with Crippen molar-refractivity contribution in [1.29, 1.82) is 5.26 Å². The molecule has 0 spiro atoms. The Balaban J connectivity index is 2.82. The topological polar surface area (TPSA) is 52.9 Å². The van der Waals surface area contributed by atoms with Crippen LogP contribution in [0.3, 0.4) is 0 Å². The van der Waals surface area contributed by atoms with E-state index in [1.54, 1.807) is 12.1 Å². The van der Waals surface area contributed by atoms with Gasteiger partial charge in [-0.15, -0.1) is 0 Å². The zero-order valence-electron chi connectivity index (χ0n) is 6.40. The molecule has 12 heavy (non-hydrogen) atoms. The van der Waals surface area contributed by atoms with Crippen molar-refractivity contribution in [2.75, 3.05) is 0 Å². The van der Waals surface area contributed by atoms with E-state index < -0.39 is 6.04 Å². The Labute approximate surface area is 70.6 Å². The third-order valence-corrected chi connectivity index (χ3v) is 1.50. The highest BCUT2D eigenvalue weighted by molar-refractivity contribution is 5.49. The van der Waals surface area contributed by atoms with Crippen LogP contribution in [0.25, 0.3) is 0 Å². The molecule has 0 aliphatic heterocycles. The number of nitriles is 1. The summed E-state index contributed by atoms with van der Waals surface area (Å²) in [5.74, 6) is 0. The summed E-state index contributed by atoms with van der Waals surface area (Å²) in [6.45, 7) is 0. The average Bonchev–Trinajstić information content (AvgIpc) is 2.15. The van der Waals surface area contributed by atoms with Crippen molar-refractivity contribution in [3.8, 4) is 6.07 Å². The Kier molecular flexibility index (Phi) is 2.86. The van der Waals surface area contributed by atoms with E-state index in [2.05, 4.69) is 5.32 Å². The summed E-state index contributed by atoms with van der Waals surface area (Å²) in [7, 11) is 0. The van der Waals surface area contributed by atoms with E-state index in [0.717, 1.165) is 5.56 Å². The Morgan fingerprint density at radius 1 is 1.42 bits per heavy atom. The van der Waals surface area contributed by atoms with Crippen molar-refractivity contribution in [1.82, 2.24) is 5.32 Å². The Hall–Kier alpha value is -1.82. The van der Waals surface area contributed by atoms with Crippen LogP contribution in [0.15, 0.2) is 30.3 Å². The van der Waals surface area contributed by atoms with Gasteiger partial charge in [0.25, 0.3) is 0 Å². The van der Waals surface area contributed by atoms with Crippen molar-refractivity contribution >= 4 is 6.41 Å². The molecule has 1 rings (SSSR count). The SMILES string of the molecule is N#CC(NC=O)c1ccccc1. The number of amides is 1. The molecule has 0 aromatic heterocycles. The number of benzene rings is 1. The molecule has 3 heteroatoms. The molecule has 1 aromatic carbocycles. The van der Waals surface area contributed by atoms with Gasteiger partial charge in [-0.3, -0.25) is 4.79 Å². The molecule has 0 heterocycles. The van der Waals surface area contributed by atoms with E-state index >= 15 is 0 Å². The second-order valence-corrected chi connectivity index (χ2v) is 2.26. The lowest BCUT2D eigenvalue weighted by Gasteiger charge is -2.06. The first-order valence-electron chi connectivity index (χ1n) is 3.52. The molecule has 0 radical (unpaired) electrons. The maximum atomic E-state index is 10.1. The van der Waals surface area contributed by atoms with Gasteiger partial charge in [0.1, 0.15) is 6.04 Å². The number of nitrogens with zero attached hydrogens (tertiary/aromatic N) is 1. The normalized spacial score (nSPS) is 11.2. The number of hydrogen-bond acceptors (Lipinski definition) is 2. The summed E-state index contributed by atoms with van der Waals surface area (Å²) in [6, 6.07) is 10.5. The highest BCUT2D eigenvalue weighted by Gasteiger charge is 2.06. The number of rotatable bonds is 3. The standard InChI is InChI=1S/C9H8N2O/c10-6-9(11-7-12)8-4-2-1-3-5-8/h1-5,7,9H,(H,11,12). The van der Waals surface area contributed by atoms with Crippen LogP contribution in [-0.2, 0) is 4.79 Å². The fourth-order valence-electron chi connectivity index (χ4n) is 0.922. The predicted octanol–water partition coefficient (Wildman–Crippen LogP) is 0.997. The molecule has 1 aromatic rings. The third-order valence-electron chi connectivity index (χ3n) is 1.50. The molecule has 1 atom stereocenters. The molecular weight excluding hydrogens is 152 g/mol. The molecule has 60 valence electrons. The van der Waals surface area contributed by atoms with Crippen molar-refractivity contribution in [3.05, 3.63) is 35.9 Å². The molecule has 0 saturated heterocycles. The first-order chi connectivity index (χ1) is 5.88. The molecular formula is C9H8N2O. The lowest BCUT2D eigenvalue weighted by Crippen LogP contribution is -2.17. The number of carbonyl (C=O) groups is 1. The van der Waals surface area contributed by atoms with Gasteiger partial charge in [-0.05, 0) is 5.56 Å². The zero-order valence-corrected chi connectivity index (χ0v) is 6.40. The van der Waals surface area contributed by atoms with Crippen LogP contribution >= 0.6 is 0 Å². The quantitative estimate of drug-likeness (QED) is 0.670. The van der Waals surface area contributed by atoms with Gasteiger partial charge in [-0.25, -0.2) is 0 Å². The number of nitrogens with one attached hydrogen (secondary N) is 1. The fraction of sp³-hybridized carbons (Fsp3) is 0.111. The van der Waals surface area contributed by atoms with Gasteiger partial charge in [0, 0.05) is 0 Å². The molecule has 0 aliphatic rings. The molecule has 1 amide bonds. The van der Waals surface area contributed by atoms with Gasteiger partial charge in [0.2, 0.25) is 6.41 Å². The minimum Gasteiger partial charge on any atom is -0.339 e. The van der Waals surface area contributed by atoms with Crippen molar-refractivity contribution in [3.63, 3.8) is 0 Å². The lowest BCUT2D eigenvalue weighted by molar-refractivity contribution is -0.109. The van der Waals surface area contributed by atoms with Crippen LogP contribution in [0.4, 0.5) is 0 Å². The number of hydrogen-bond donors (Lipinski definition) is 1. The fourth-order valence-corrected chi connectivity index (χ4v) is 0.922. The monoisotopic (exact) mass is 160 g/mol. The van der Waals surface area contributed by atoms with Gasteiger partial charge < -0.3 is 5.32 Å². The number of carbonyl (C=O) groups excluding carboxylic acids is 1. The van der Waals surface area contributed by atoms with Crippen molar-refractivity contribution < 1.29 is 4.79 Å². The molecule has 0 saturated carbocycles. The van der Waals surface area contributed by atoms with Crippen molar-refractivity contribution in [2.45, 2.75) is 6.04 Å². The molecule has 0 aliphatic carbocycles. The highest BCUT2D eigenvalue weighted by atomic mass is 16.1. The largest absolute Gasteiger partial charge is 0.339 e. The van der Waals surface area contributed by atoms with Gasteiger partial charge in [-0.2, -0.15) is 5.26 Å². The van der Waals surface area contributed by atoms with Crippen LogP contribution in [0.5, 0.6) is 0 Å².